The molecule has 1 heterocycles. The first-order chi connectivity index (χ1) is 5.29. The molecule has 1 aliphatic rings. The van der Waals surface area contributed by atoms with Crippen LogP contribution in [0.3, 0.4) is 0 Å². The lowest BCUT2D eigenvalue weighted by Gasteiger charge is -2.08. The minimum atomic E-state index is 0.810. The zero-order valence-electron chi connectivity index (χ0n) is 7.60. The highest BCUT2D eigenvalue weighted by Gasteiger charge is 2.13. The van der Waals surface area contributed by atoms with E-state index in [0.29, 0.717) is 0 Å². The van der Waals surface area contributed by atoms with Gasteiger partial charge in [-0.25, -0.2) is 0 Å². The van der Waals surface area contributed by atoms with Gasteiger partial charge in [0.25, 0.3) is 0 Å². The first kappa shape index (κ1) is 9.40. The van der Waals surface area contributed by atoms with Crippen LogP contribution in [0.1, 0.15) is 26.7 Å². The fraction of sp³-hybridized carbons (Fsp3) is 1.00. The number of rotatable bonds is 4. The fourth-order valence-electron chi connectivity index (χ4n) is 1.43. The normalized spacial score (nSPS) is 24.8. The summed E-state index contributed by atoms with van der Waals surface area (Å²) in [7, 11) is 0. The Bertz CT molecular complexity index is 97.7. The van der Waals surface area contributed by atoms with Crippen molar-refractivity contribution in [3.05, 3.63) is 0 Å². The van der Waals surface area contributed by atoms with E-state index in [1.54, 1.807) is 0 Å². The number of hydrogen-bond donors (Lipinski definition) is 1. The van der Waals surface area contributed by atoms with Gasteiger partial charge in [-0.2, -0.15) is 11.8 Å². The molecule has 0 aromatic rings. The van der Waals surface area contributed by atoms with Gasteiger partial charge in [0.05, 0.1) is 0 Å². The first-order valence-corrected chi connectivity index (χ1v) is 5.66. The number of hydrogen-bond acceptors (Lipinski definition) is 2. The van der Waals surface area contributed by atoms with E-state index in [1.807, 2.05) is 0 Å². The predicted molar refractivity (Wildman–Crippen MR) is 53.2 cm³/mol. The molecule has 0 aromatic carbocycles. The lowest BCUT2D eigenvalue weighted by molar-refractivity contribution is 0.567. The Hall–Kier alpha value is 0.310. The van der Waals surface area contributed by atoms with E-state index in [-0.39, 0.29) is 0 Å². The van der Waals surface area contributed by atoms with Gasteiger partial charge in [-0.1, -0.05) is 13.8 Å². The fourth-order valence-corrected chi connectivity index (χ4v) is 2.37. The highest BCUT2D eigenvalue weighted by Crippen LogP contribution is 2.18. The third-order valence-corrected chi connectivity index (χ3v) is 3.28. The lowest BCUT2D eigenvalue weighted by Crippen LogP contribution is -2.09. The highest BCUT2D eigenvalue weighted by molar-refractivity contribution is 7.99. The van der Waals surface area contributed by atoms with Gasteiger partial charge >= 0.3 is 0 Å². The van der Waals surface area contributed by atoms with Crippen LogP contribution in [0.5, 0.6) is 0 Å². The Kier molecular flexibility index (Phi) is 4.31. The van der Waals surface area contributed by atoms with Crippen LogP contribution in [0.15, 0.2) is 0 Å². The summed E-state index contributed by atoms with van der Waals surface area (Å²) >= 11 is 2.09. The van der Waals surface area contributed by atoms with Gasteiger partial charge in [-0.15, -0.1) is 0 Å². The molecule has 2 heteroatoms. The van der Waals surface area contributed by atoms with E-state index in [1.165, 1.54) is 31.7 Å². The smallest absolute Gasteiger partial charge is 0.000968 e. The number of nitrogens with one attached hydrogen (secondary N) is 1. The third kappa shape index (κ3) is 4.02. The summed E-state index contributed by atoms with van der Waals surface area (Å²) in [6.45, 7) is 7.06. The third-order valence-electron chi connectivity index (χ3n) is 2.14. The molecule has 0 spiro atoms. The standard InChI is InChI=1S/C9H19NS/c1-8(2)11-6-4-9-3-5-10-7-9/h8-10H,3-7H2,1-2H3. The van der Waals surface area contributed by atoms with Gasteiger partial charge in [0, 0.05) is 0 Å². The molecule has 0 saturated carbocycles. The van der Waals surface area contributed by atoms with Crippen molar-refractivity contribution in [2.24, 2.45) is 5.92 Å². The molecule has 0 amide bonds. The summed E-state index contributed by atoms with van der Waals surface area (Å²) in [4.78, 5) is 0. The minimum Gasteiger partial charge on any atom is -0.316 e. The van der Waals surface area contributed by atoms with Crippen LogP contribution < -0.4 is 5.32 Å². The van der Waals surface area contributed by atoms with Crippen molar-refractivity contribution in [2.75, 3.05) is 18.8 Å². The van der Waals surface area contributed by atoms with Crippen molar-refractivity contribution in [3.63, 3.8) is 0 Å². The molecule has 1 aliphatic heterocycles. The van der Waals surface area contributed by atoms with Gasteiger partial charge < -0.3 is 5.32 Å². The molecule has 66 valence electrons. The molecule has 1 nitrogen and oxygen atoms in total. The van der Waals surface area contributed by atoms with Crippen molar-refractivity contribution in [2.45, 2.75) is 31.9 Å². The summed E-state index contributed by atoms with van der Waals surface area (Å²) in [5.74, 6) is 2.32. The molecule has 1 fully saturated rings. The molecule has 1 unspecified atom stereocenters. The quantitative estimate of drug-likeness (QED) is 0.699. The molecule has 0 bridgehead atoms. The first-order valence-electron chi connectivity index (χ1n) is 4.61. The molecular formula is C9H19NS. The monoisotopic (exact) mass is 173 g/mol. The maximum atomic E-state index is 3.40. The Morgan fingerprint density at radius 1 is 1.55 bits per heavy atom. The van der Waals surface area contributed by atoms with E-state index in [2.05, 4.69) is 30.9 Å². The Balaban J connectivity index is 1.94. The van der Waals surface area contributed by atoms with Gasteiger partial charge in [0.2, 0.25) is 0 Å². The molecule has 1 N–H and O–H groups in total. The second-order valence-electron chi connectivity index (χ2n) is 3.57. The molecule has 1 atom stereocenters. The van der Waals surface area contributed by atoms with Gasteiger partial charge in [-0.3, -0.25) is 0 Å². The topological polar surface area (TPSA) is 12.0 Å². The second-order valence-corrected chi connectivity index (χ2v) is 5.25. The van der Waals surface area contributed by atoms with Crippen LogP contribution in [0.25, 0.3) is 0 Å². The maximum Gasteiger partial charge on any atom is -0.000968 e. The molecule has 11 heavy (non-hydrogen) atoms. The molecular weight excluding hydrogens is 154 g/mol. The highest BCUT2D eigenvalue weighted by atomic mass is 32.2. The van der Waals surface area contributed by atoms with Gasteiger partial charge in [0.1, 0.15) is 0 Å². The minimum absolute atomic E-state index is 0.810. The van der Waals surface area contributed by atoms with E-state index >= 15 is 0 Å². The summed E-state index contributed by atoms with van der Waals surface area (Å²) in [6, 6.07) is 0. The number of thioether (sulfide) groups is 1. The van der Waals surface area contributed by atoms with Crippen LogP contribution in [0.2, 0.25) is 0 Å². The zero-order valence-corrected chi connectivity index (χ0v) is 8.41. The summed E-state index contributed by atoms with van der Waals surface area (Å²) in [5, 5.41) is 4.21. The molecule has 1 rings (SSSR count). The van der Waals surface area contributed by atoms with Crippen molar-refractivity contribution < 1.29 is 0 Å². The summed E-state index contributed by atoms with van der Waals surface area (Å²) in [5.41, 5.74) is 0. The van der Waals surface area contributed by atoms with Crippen LogP contribution in [-0.4, -0.2) is 24.1 Å². The van der Waals surface area contributed by atoms with E-state index in [0.717, 1.165) is 11.2 Å². The van der Waals surface area contributed by atoms with Crippen molar-refractivity contribution in [1.82, 2.24) is 5.32 Å². The average Bonchev–Trinajstić information content (AvgIpc) is 2.39. The van der Waals surface area contributed by atoms with Crippen LogP contribution in [0.4, 0.5) is 0 Å². The molecule has 0 aromatic heterocycles. The zero-order chi connectivity index (χ0) is 8.10. The van der Waals surface area contributed by atoms with Crippen molar-refractivity contribution >= 4 is 11.8 Å². The Labute approximate surface area is 74.3 Å². The SMILES string of the molecule is CC(C)SCCC1CCNC1. The predicted octanol–water partition coefficient (Wildman–Crippen LogP) is 2.13. The second kappa shape index (κ2) is 5.04. The van der Waals surface area contributed by atoms with E-state index in [4.69, 9.17) is 0 Å². The summed E-state index contributed by atoms with van der Waals surface area (Å²) in [6.07, 6.45) is 2.81. The molecule has 1 saturated heterocycles. The summed E-state index contributed by atoms with van der Waals surface area (Å²) < 4.78 is 0. The molecule has 0 radical (unpaired) electrons. The average molecular weight is 173 g/mol. The van der Waals surface area contributed by atoms with E-state index < -0.39 is 0 Å². The van der Waals surface area contributed by atoms with E-state index in [9.17, 15) is 0 Å². The van der Waals surface area contributed by atoms with Crippen molar-refractivity contribution in [3.8, 4) is 0 Å². The van der Waals surface area contributed by atoms with Crippen LogP contribution in [-0.2, 0) is 0 Å². The van der Waals surface area contributed by atoms with Crippen LogP contribution >= 0.6 is 11.8 Å². The Morgan fingerprint density at radius 3 is 2.91 bits per heavy atom. The largest absolute Gasteiger partial charge is 0.316 e. The molecule has 0 aliphatic carbocycles. The van der Waals surface area contributed by atoms with Gasteiger partial charge in [-0.05, 0) is 42.9 Å². The maximum absolute atomic E-state index is 3.40. The van der Waals surface area contributed by atoms with Crippen LogP contribution in [0, 0.1) is 5.92 Å². The van der Waals surface area contributed by atoms with Crippen molar-refractivity contribution in [1.29, 1.82) is 0 Å². The Morgan fingerprint density at radius 2 is 2.36 bits per heavy atom. The lowest BCUT2D eigenvalue weighted by atomic mass is 10.1. The van der Waals surface area contributed by atoms with Gasteiger partial charge in [0.15, 0.2) is 0 Å².